The van der Waals surface area contributed by atoms with Gasteiger partial charge in [-0.25, -0.2) is 0 Å². The Morgan fingerprint density at radius 3 is 2.82 bits per heavy atom. The van der Waals surface area contributed by atoms with Gasteiger partial charge in [-0.05, 0) is 31.2 Å². The highest BCUT2D eigenvalue weighted by Gasteiger charge is 2.44. The summed E-state index contributed by atoms with van der Waals surface area (Å²) in [5.74, 6) is 0.279. The fourth-order valence-electron chi connectivity index (χ4n) is 2.52. The maximum atomic E-state index is 12.7. The summed E-state index contributed by atoms with van der Waals surface area (Å²) >= 11 is 0. The first-order valence-electron chi connectivity index (χ1n) is 6.82. The van der Waals surface area contributed by atoms with Crippen LogP contribution >= 0.6 is 0 Å². The first-order valence-corrected chi connectivity index (χ1v) is 6.82. The van der Waals surface area contributed by atoms with Crippen LogP contribution in [-0.4, -0.2) is 42.8 Å². The lowest BCUT2D eigenvalue weighted by molar-refractivity contribution is -0.233. The van der Waals surface area contributed by atoms with Gasteiger partial charge >= 0.3 is 6.18 Å². The standard InChI is InChI=1S/C15H14F3NO3/c1-9-6-11-7-10(2-3-12(11)22-9)14(20)19-4-5-21-13(8-19)15(16,17)18/h2-3,6-7,13H,4-5,8H2,1H3/t13-/m0/s1. The molecule has 1 aromatic carbocycles. The van der Waals surface area contributed by atoms with E-state index in [-0.39, 0.29) is 13.2 Å². The second-order valence-electron chi connectivity index (χ2n) is 5.26. The molecule has 1 fully saturated rings. The van der Waals surface area contributed by atoms with Crippen molar-refractivity contribution >= 4 is 16.9 Å². The Kier molecular flexibility index (Phi) is 3.60. The molecule has 1 aliphatic heterocycles. The second kappa shape index (κ2) is 5.31. The molecule has 2 aromatic rings. The van der Waals surface area contributed by atoms with Crippen LogP contribution in [-0.2, 0) is 4.74 Å². The third-order valence-electron chi connectivity index (χ3n) is 3.61. The molecular weight excluding hydrogens is 299 g/mol. The van der Waals surface area contributed by atoms with E-state index in [9.17, 15) is 18.0 Å². The Hall–Kier alpha value is -2.02. The lowest BCUT2D eigenvalue weighted by Crippen LogP contribution is -2.51. The van der Waals surface area contributed by atoms with Crippen LogP contribution in [0.4, 0.5) is 13.2 Å². The van der Waals surface area contributed by atoms with Crippen LogP contribution < -0.4 is 0 Å². The summed E-state index contributed by atoms with van der Waals surface area (Å²) in [5.41, 5.74) is 0.986. The zero-order chi connectivity index (χ0) is 15.9. The van der Waals surface area contributed by atoms with Crippen LogP contribution in [0.2, 0.25) is 0 Å². The van der Waals surface area contributed by atoms with E-state index in [4.69, 9.17) is 9.15 Å². The minimum absolute atomic E-state index is 0.122. The molecule has 0 N–H and O–H groups in total. The fourth-order valence-corrected chi connectivity index (χ4v) is 2.52. The van der Waals surface area contributed by atoms with Crippen molar-refractivity contribution in [2.45, 2.75) is 19.2 Å². The number of alkyl halides is 3. The highest BCUT2D eigenvalue weighted by Crippen LogP contribution is 2.27. The Labute approximate surface area is 124 Å². The maximum absolute atomic E-state index is 12.7. The third-order valence-corrected chi connectivity index (χ3v) is 3.61. The molecule has 1 aromatic heterocycles. The molecule has 1 amide bonds. The van der Waals surface area contributed by atoms with E-state index in [1.54, 1.807) is 31.2 Å². The Balaban J connectivity index is 1.82. The number of benzene rings is 1. The summed E-state index contributed by atoms with van der Waals surface area (Å²) < 4.78 is 48.3. The molecule has 3 rings (SSSR count). The van der Waals surface area contributed by atoms with Crippen molar-refractivity contribution in [3.8, 4) is 0 Å². The second-order valence-corrected chi connectivity index (χ2v) is 5.26. The maximum Gasteiger partial charge on any atom is 0.416 e. The topological polar surface area (TPSA) is 42.7 Å². The summed E-state index contributed by atoms with van der Waals surface area (Å²) in [5, 5.41) is 0.754. The number of hydrogen-bond acceptors (Lipinski definition) is 3. The summed E-state index contributed by atoms with van der Waals surface area (Å²) in [4.78, 5) is 13.6. The first kappa shape index (κ1) is 14.9. The van der Waals surface area contributed by atoms with Crippen molar-refractivity contribution in [1.82, 2.24) is 4.90 Å². The van der Waals surface area contributed by atoms with Crippen LogP contribution in [0.5, 0.6) is 0 Å². The number of fused-ring (bicyclic) bond motifs is 1. The molecule has 0 aliphatic carbocycles. The van der Waals surface area contributed by atoms with E-state index in [0.717, 1.165) is 5.39 Å². The van der Waals surface area contributed by atoms with Gasteiger partial charge in [0.2, 0.25) is 0 Å². The van der Waals surface area contributed by atoms with E-state index in [1.165, 1.54) is 4.90 Å². The molecule has 0 radical (unpaired) electrons. The Bertz CT molecular complexity index is 708. The van der Waals surface area contributed by atoms with Crippen LogP contribution in [0.3, 0.4) is 0 Å². The zero-order valence-electron chi connectivity index (χ0n) is 11.8. The minimum Gasteiger partial charge on any atom is -0.461 e. The van der Waals surface area contributed by atoms with Gasteiger partial charge in [0, 0.05) is 17.5 Å². The van der Waals surface area contributed by atoms with Gasteiger partial charge in [0.15, 0.2) is 6.10 Å². The first-order chi connectivity index (χ1) is 10.3. The molecule has 0 saturated carbocycles. The van der Waals surface area contributed by atoms with Crippen molar-refractivity contribution in [1.29, 1.82) is 0 Å². The van der Waals surface area contributed by atoms with E-state index in [1.807, 2.05) is 0 Å². The third kappa shape index (κ3) is 2.81. The Morgan fingerprint density at radius 1 is 1.32 bits per heavy atom. The molecule has 0 spiro atoms. The minimum atomic E-state index is -4.47. The number of aryl methyl sites for hydroxylation is 1. The lowest BCUT2D eigenvalue weighted by atomic mass is 10.1. The Morgan fingerprint density at radius 2 is 2.09 bits per heavy atom. The molecule has 2 heterocycles. The van der Waals surface area contributed by atoms with Gasteiger partial charge in [-0.3, -0.25) is 4.79 Å². The van der Waals surface area contributed by atoms with E-state index in [2.05, 4.69) is 0 Å². The van der Waals surface area contributed by atoms with E-state index in [0.29, 0.717) is 16.9 Å². The van der Waals surface area contributed by atoms with Crippen molar-refractivity contribution in [3.63, 3.8) is 0 Å². The molecule has 1 saturated heterocycles. The van der Waals surface area contributed by atoms with Crippen LogP contribution in [0.1, 0.15) is 16.1 Å². The number of nitrogens with zero attached hydrogens (tertiary/aromatic N) is 1. The monoisotopic (exact) mass is 313 g/mol. The van der Waals surface area contributed by atoms with Gasteiger partial charge < -0.3 is 14.1 Å². The predicted octanol–water partition coefficient (Wildman–Crippen LogP) is 3.14. The van der Waals surface area contributed by atoms with Gasteiger partial charge in [0.1, 0.15) is 11.3 Å². The molecule has 0 bridgehead atoms. The number of furan rings is 1. The van der Waals surface area contributed by atoms with Crippen molar-refractivity contribution in [2.75, 3.05) is 19.7 Å². The molecule has 22 heavy (non-hydrogen) atoms. The van der Waals surface area contributed by atoms with Crippen molar-refractivity contribution in [3.05, 3.63) is 35.6 Å². The summed E-state index contributed by atoms with van der Waals surface area (Å²) in [6, 6.07) is 6.62. The highest BCUT2D eigenvalue weighted by atomic mass is 19.4. The zero-order valence-corrected chi connectivity index (χ0v) is 11.8. The van der Waals surface area contributed by atoms with Crippen LogP contribution in [0.15, 0.2) is 28.7 Å². The van der Waals surface area contributed by atoms with Gasteiger partial charge in [-0.2, -0.15) is 13.2 Å². The van der Waals surface area contributed by atoms with E-state index < -0.39 is 24.7 Å². The number of morpholine rings is 1. The number of amides is 1. The average molecular weight is 313 g/mol. The van der Waals surface area contributed by atoms with Gasteiger partial charge in [-0.1, -0.05) is 0 Å². The number of rotatable bonds is 1. The lowest BCUT2D eigenvalue weighted by Gasteiger charge is -2.33. The van der Waals surface area contributed by atoms with Crippen molar-refractivity contribution in [2.24, 2.45) is 0 Å². The van der Waals surface area contributed by atoms with Gasteiger partial charge in [-0.15, -0.1) is 0 Å². The van der Waals surface area contributed by atoms with Crippen molar-refractivity contribution < 1.29 is 27.1 Å². The molecule has 7 heteroatoms. The number of carbonyl (C=O) groups is 1. The molecule has 1 aliphatic rings. The molecule has 118 valence electrons. The number of halogens is 3. The largest absolute Gasteiger partial charge is 0.461 e. The SMILES string of the molecule is Cc1cc2cc(C(=O)N3CCO[C@H](C(F)(F)F)C3)ccc2o1. The van der Waals surface area contributed by atoms with E-state index >= 15 is 0 Å². The average Bonchev–Trinajstić information content (AvgIpc) is 2.84. The van der Waals surface area contributed by atoms with Crippen LogP contribution in [0, 0.1) is 6.92 Å². The number of hydrogen-bond donors (Lipinski definition) is 0. The summed E-state index contributed by atoms with van der Waals surface area (Å²) in [6.07, 6.45) is -6.39. The normalized spacial score (nSPS) is 19.6. The summed E-state index contributed by atoms with van der Waals surface area (Å²) in [7, 11) is 0. The quantitative estimate of drug-likeness (QED) is 0.812. The smallest absolute Gasteiger partial charge is 0.416 e. The van der Waals surface area contributed by atoms with Gasteiger partial charge in [0.05, 0.1) is 13.2 Å². The van der Waals surface area contributed by atoms with Gasteiger partial charge in [0.25, 0.3) is 5.91 Å². The number of ether oxygens (including phenoxy) is 1. The molecule has 0 unspecified atom stereocenters. The molecule has 1 atom stereocenters. The summed E-state index contributed by atoms with van der Waals surface area (Å²) in [6.45, 7) is 1.33. The fraction of sp³-hybridized carbons (Fsp3) is 0.400. The molecular formula is C15H14F3NO3. The van der Waals surface area contributed by atoms with Crippen LogP contribution in [0.25, 0.3) is 11.0 Å². The highest BCUT2D eigenvalue weighted by molar-refractivity contribution is 5.97. The number of carbonyl (C=O) groups excluding carboxylic acids is 1. The predicted molar refractivity (Wildman–Crippen MR) is 72.6 cm³/mol. The molecule has 4 nitrogen and oxygen atoms in total.